The van der Waals surface area contributed by atoms with Gasteiger partial charge in [-0.25, -0.2) is 4.79 Å². The average molecular weight is 325 g/mol. The highest BCUT2D eigenvalue weighted by Gasteiger charge is 2.22. The van der Waals surface area contributed by atoms with Crippen molar-refractivity contribution in [2.45, 2.75) is 39.3 Å². The van der Waals surface area contributed by atoms with E-state index >= 15 is 0 Å². The van der Waals surface area contributed by atoms with Crippen LogP contribution in [0.2, 0.25) is 0 Å². The summed E-state index contributed by atoms with van der Waals surface area (Å²) in [5.74, 6) is -0.0130. The Hall–Kier alpha value is -2.62. The van der Waals surface area contributed by atoms with E-state index in [9.17, 15) is 9.59 Å². The van der Waals surface area contributed by atoms with Gasteiger partial charge in [-0.05, 0) is 44.9 Å². The molecule has 126 valence electrons. The number of ketones is 1. The first-order chi connectivity index (χ1) is 11.3. The Balaban J connectivity index is 2.35. The number of hydrogen-bond acceptors (Lipinski definition) is 3. The van der Waals surface area contributed by atoms with E-state index in [0.29, 0.717) is 5.56 Å². The van der Waals surface area contributed by atoms with Gasteiger partial charge in [0.2, 0.25) is 0 Å². The van der Waals surface area contributed by atoms with Crippen LogP contribution in [0.5, 0.6) is 0 Å². The van der Waals surface area contributed by atoms with Gasteiger partial charge >= 0.3 is 6.09 Å². The van der Waals surface area contributed by atoms with Gasteiger partial charge in [0.05, 0.1) is 6.04 Å². The Morgan fingerprint density at radius 2 is 1.58 bits per heavy atom. The molecule has 0 spiro atoms. The number of alkyl carbamates (subject to hydrolysis) is 1. The van der Waals surface area contributed by atoms with E-state index in [1.54, 1.807) is 12.1 Å². The summed E-state index contributed by atoms with van der Waals surface area (Å²) < 4.78 is 5.37. The molecule has 2 aromatic rings. The highest BCUT2D eigenvalue weighted by atomic mass is 16.6. The van der Waals surface area contributed by atoms with Crippen molar-refractivity contribution < 1.29 is 14.3 Å². The van der Waals surface area contributed by atoms with Crippen LogP contribution in [-0.2, 0) is 4.74 Å². The molecule has 0 saturated heterocycles. The minimum Gasteiger partial charge on any atom is -0.444 e. The fraction of sp³-hybridized carbons (Fsp3) is 0.300. The van der Waals surface area contributed by atoms with Gasteiger partial charge in [-0.1, -0.05) is 48.5 Å². The second-order valence-corrected chi connectivity index (χ2v) is 6.67. The molecule has 0 aromatic heterocycles. The van der Waals surface area contributed by atoms with Gasteiger partial charge in [0.25, 0.3) is 0 Å². The molecule has 1 amide bonds. The van der Waals surface area contributed by atoms with Crippen LogP contribution in [0.4, 0.5) is 4.79 Å². The summed E-state index contributed by atoms with van der Waals surface area (Å²) >= 11 is 0. The molecule has 0 saturated carbocycles. The van der Waals surface area contributed by atoms with Crippen molar-refractivity contribution in [3.8, 4) is 0 Å². The standard InChI is InChI=1S/C20H23NO3/c1-14(22)16-11-8-12-17(13-16)18(15-9-6-5-7-10-15)21-19(23)24-20(2,3)4/h5-13,18H,1-4H3,(H,21,23)/t18-/m1/s1. The van der Waals surface area contributed by atoms with E-state index in [2.05, 4.69) is 5.32 Å². The van der Waals surface area contributed by atoms with E-state index in [-0.39, 0.29) is 11.8 Å². The highest BCUT2D eigenvalue weighted by Crippen LogP contribution is 2.24. The first kappa shape index (κ1) is 17.7. The highest BCUT2D eigenvalue weighted by molar-refractivity contribution is 5.94. The SMILES string of the molecule is CC(=O)c1cccc([C@H](NC(=O)OC(C)(C)C)c2ccccc2)c1. The number of amides is 1. The second kappa shape index (κ2) is 7.30. The number of rotatable bonds is 4. The summed E-state index contributed by atoms with van der Waals surface area (Å²) in [5, 5.41) is 2.90. The third-order valence-electron chi connectivity index (χ3n) is 3.42. The molecule has 4 heteroatoms. The minimum absolute atomic E-state index is 0.0130. The molecule has 0 bridgehead atoms. The Labute approximate surface area is 142 Å². The lowest BCUT2D eigenvalue weighted by molar-refractivity contribution is 0.0512. The van der Waals surface area contributed by atoms with Gasteiger partial charge in [-0.3, -0.25) is 4.79 Å². The molecule has 0 aliphatic carbocycles. The molecule has 0 unspecified atom stereocenters. The maximum Gasteiger partial charge on any atom is 0.408 e. The van der Waals surface area contributed by atoms with Gasteiger partial charge in [0, 0.05) is 5.56 Å². The zero-order valence-corrected chi connectivity index (χ0v) is 14.5. The average Bonchev–Trinajstić information content (AvgIpc) is 2.52. The molecule has 1 atom stereocenters. The summed E-state index contributed by atoms with van der Waals surface area (Å²) in [6, 6.07) is 16.5. The largest absolute Gasteiger partial charge is 0.444 e. The van der Waals surface area contributed by atoms with Crippen molar-refractivity contribution in [3.63, 3.8) is 0 Å². The van der Waals surface area contributed by atoms with Crippen LogP contribution >= 0.6 is 0 Å². The molecular weight excluding hydrogens is 302 g/mol. The lowest BCUT2D eigenvalue weighted by Crippen LogP contribution is -2.35. The molecule has 0 radical (unpaired) electrons. The lowest BCUT2D eigenvalue weighted by atomic mass is 9.96. The first-order valence-corrected chi connectivity index (χ1v) is 7.91. The monoisotopic (exact) mass is 325 g/mol. The molecule has 0 fully saturated rings. The van der Waals surface area contributed by atoms with Crippen LogP contribution in [-0.4, -0.2) is 17.5 Å². The van der Waals surface area contributed by atoms with Crippen LogP contribution in [0, 0.1) is 0 Å². The molecule has 0 aliphatic heterocycles. The zero-order valence-electron chi connectivity index (χ0n) is 14.5. The minimum atomic E-state index is -0.577. The predicted octanol–water partition coefficient (Wildman–Crippen LogP) is 4.50. The van der Waals surface area contributed by atoms with Crippen LogP contribution in [0.1, 0.15) is 55.2 Å². The molecule has 2 rings (SSSR count). The van der Waals surface area contributed by atoms with E-state index in [1.165, 1.54) is 6.92 Å². The molecule has 4 nitrogen and oxygen atoms in total. The maximum absolute atomic E-state index is 12.2. The summed E-state index contributed by atoms with van der Waals surface area (Å²) in [6.45, 7) is 6.99. The van der Waals surface area contributed by atoms with E-state index in [0.717, 1.165) is 11.1 Å². The topological polar surface area (TPSA) is 55.4 Å². The van der Waals surface area contributed by atoms with Gasteiger partial charge in [0.15, 0.2) is 5.78 Å². The van der Waals surface area contributed by atoms with Gasteiger partial charge in [-0.2, -0.15) is 0 Å². The van der Waals surface area contributed by atoms with Crippen LogP contribution < -0.4 is 5.32 Å². The normalized spacial score (nSPS) is 12.3. The third-order valence-corrected chi connectivity index (χ3v) is 3.42. The summed E-state index contributed by atoms with van der Waals surface area (Å²) in [4.78, 5) is 23.9. The fourth-order valence-electron chi connectivity index (χ4n) is 2.37. The van der Waals surface area contributed by atoms with Crippen molar-refractivity contribution in [1.29, 1.82) is 0 Å². The molecule has 2 aromatic carbocycles. The van der Waals surface area contributed by atoms with E-state index in [4.69, 9.17) is 4.74 Å². The van der Waals surface area contributed by atoms with Gasteiger partial charge < -0.3 is 10.1 Å². The van der Waals surface area contributed by atoms with Crippen molar-refractivity contribution in [2.24, 2.45) is 0 Å². The second-order valence-electron chi connectivity index (χ2n) is 6.67. The van der Waals surface area contributed by atoms with E-state index in [1.807, 2.05) is 63.2 Å². The van der Waals surface area contributed by atoms with Gasteiger partial charge in [0.1, 0.15) is 5.60 Å². The number of benzene rings is 2. The summed E-state index contributed by atoms with van der Waals surface area (Å²) in [5.41, 5.74) is 1.79. The number of carbonyl (C=O) groups is 2. The summed E-state index contributed by atoms with van der Waals surface area (Å²) in [7, 11) is 0. The zero-order chi connectivity index (χ0) is 17.7. The molecule has 0 aliphatic rings. The number of Topliss-reactive ketones (excluding diaryl/α,β-unsaturated/α-hetero) is 1. The van der Waals surface area contributed by atoms with Crippen LogP contribution in [0.25, 0.3) is 0 Å². The molecule has 1 N–H and O–H groups in total. The van der Waals surface area contributed by atoms with Crippen LogP contribution in [0.3, 0.4) is 0 Å². The van der Waals surface area contributed by atoms with Crippen molar-refractivity contribution in [2.75, 3.05) is 0 Å². The smallest absolute Gasteiger partial charge is 0.408 e. The Kier molecular flexibility index (Phi) is 5.39. The molecular formula is C20H23NO3. The number of hydrogen-bond donors (Lipinski definition) is 1. The maximum atomic E-state index is 12.2. The molecule has 0 heterocycles. The van der Waals surface area contributed by atoms with Crippen molar-refractivity contribution in [1.82, 2.24) is 5.32 Å². The third kappa shape index (κ3) is 4.95. The van der Waals surface area contributed by atoms with Gasteiger partial charge in [-0.15, -0.1) is 0 Å². The van der Waals surface area contributed by atoms with Crippen molar-refractivity contribution >= 4 is 11.9 Å². The fourth-order valence-corrected chi connectivity index (χ4v) is 2.37. The molecule has 24 heavy (non-hydrogen) atoms. The Morgan fingerprint density at radius 3 is 2.17 bits per heavy atom. The Morgan fingerprint density at radius 1 is 0.958 bits per heavy atom. The quantitative estimate of drug-likeness (QED) is 0.842. The van der Waals surface area contributed by atoms with E-state index < -0.39 is 11.7 Å². The predicted molar refractivity (Wildman–Crippen MR) is 94.1 cm³/mol. The Bertz CT molecular complexity index is 717. The number of nitrogens with one attached hydrogen (secondary N) is 1. The number of carbonyl (C=O) groups excluding carboxylic acids is 2. The summed E-state index contributed by atoms with van der Waals surface area (Å²) in [6.07, 6.45) is -0.496. The number of ether oxygens (including phenoxy) is 1. The van der Waals surface area contributed by atoms with Crippen LogP contribution in [0.15, 0.2) is 54.6 Å². The lowest BCUT2D eigenvalue weighted by Gasteiger charge is -2.24. The van der Waals surface area contributed by atoms with Crippen molar-refractivity contribution in [3.05, 3.63) is 71.3 Å². The first-order valence-electron chi connectivity index (χ1n) is 7.91.